The van der Waals surface area contributed by atoms with Gasteiger partial charge in [-0.1, -0.05) is 6.92 Å². The van der Waals surface area contributed by atoms with Crippen LogP contribution in [-0.2, 0) is 6.54 Å². The largest absolute Gasteiger partial charge is 0.336 e. The summed E-state index contributed by atoms with van der Waals surface area (Å²) >= 11 is 6.19. The molecule has 2 rings (SSSR count). The molecule has 1 fully saturated rings. The van der Waals surface area contributed by atoms with Gasteiger partial charge in [0.15, 0.2) is 0 Å². The van der Waals surface area contributed by atoms with E-state index in [4.69, 9.17) is 11.6 Å². The summed E-state index contributed by atoms with van der Waals surface area (Å²) < 4.78 is 2.12. The lowest BCUT2D eigenvalue weighted by molar-refractivity contribution is 0.181. The van der Waals surface area contributed by atoms with E-state index >= 15 is 0 Å². The van der Waals surface area contributed by atoms with Gasteiger partial charge in [-0.05, 0) is 18.9 Å². The van der Waals surface area contributed by atoms with Crippen LogP contribution in [0.15, 0.2) is 18.7 Å². The molecule has 0 saturated carbocycles. The number of hydrogen-bond donors (Lipinski definition) is 0. The first-order valence-corrected chi connectivity index (χ1v) is 6.01. The summed E-state index contributed by atoms with van der Waals surface area (Å²) in [5.74, 6) is 0.614. The summed E-state index contributed by atoms with van der Waals surface area (Å²) in [6.07, 6.45) is 6.83. The summed E-state index contributed by atoms with van der Waals surface area (Å²) in [5.41, 5.74) is 0. The molecule has 1 aromatic heterocycles. The van der Waals surface area contributed by atoms with E-state index in [0.29, 0.717) is 11.3 Å². The number of rotatable bonds is 3. The fourth-order valence-electron chi connectivity index (χ4n) is 2.08. The number of imidazole rings is 1. The molecule has 0 N–H and O–H groups in total. The second-order valence-electron chi connectivity index (χ2n) is 4.38. The van der Waals surface area contributed by atoms with Gasteiger partial charge in [0.1, 0.15) is 0 Å². The van der Waals surface area contributed by atoms with Crippen LogP contribution in [0, 0.1) is 5.92 Å². The highest BCUT2D eigenvalue weighted by Crippen LogP contribution is 2.21. The Morgan fingerprint density at radius 2 is 2.33 bits per heavy atom. The number of alkyl halides is 1. The molecule has 2 atom stereocenters. The molecule has 2 heterocycles. The van der Waals surface area contributed by atoms with Crippen molar-refractivity contribution in [3.05, 3.63) is 18.7 Å². The molecule has 1 aliphatic rings. The minimum absolute atomic E-state index is 0.370. The SMILES string of the molecule is CC1CN(CCn2ccnc2)CCC1Cl. The van der Waals surface area contributed by atoms with Crippen molar-refractivity contribution in [1.82, 2.24) is 14.5 Å². The number of hydrogen-bond acceptors (Lipinski definition) is 2. The zero-order valence-electron chi connectivity index (χ0n) is 9.14. The fourth-order valence-corrected chi connectivity index (χ4v) is 2.26. The lowest BCUT2D eigenvalue weighted by Crippen LogP contribution is -2.41. The Labute approximate surface area is 96.0 Å². The Balaban J connectivity index is 1.76. The summed E-state index contributed by atoms with van der Waals surface area (Å²) in [7, 11) is 0. The van der Waals surface area contributed by atoms with Crippen molar-refractivity contribution < 1.29 is 0 Å². The van der Waals surface area contributed by atoms with E-state index in [2.05, 4.69) is 21.4 Å². The number of halogens is 1. The van der Waals surface area contributed by atoms with Crippen LogP contribution in [0.3, 0.4) is 0 Å². The van der Waals surface area contributed by atoms with Crippen molar-refractivity contribution in [3.63, 3.8) is 0 Å². The fraction of sp³-hybridized carbons (Fsp3) is 0.727. The van der Waals surface area contributed by atoms with E-state index in [-0.39, 0.29) is 0 Å². The van der Waals surface area contributed by atoms with Crippen LogP contribution in [0.4, 0.5) is 0 Å². The molecular formula is C11H18ClN3. The third kappa shape index (κ3) is 2.95. The molecule has 2 unspecified atom stereocenters. The summed E-state index contributed by atoms with van der Waals surface area (Å²) in [5, 5.41) is 0.370. The van der Waals surface area contributed by atoms with E-state index in [1.165, 1.54) is 0 Å². The Bertz CT molecular complexity index is 286. The molecule has 15 heavy (non-hydrogen) atoms. The number of nitrogens with zero attached hydrogens (tertiary/aromatic N) is 3. The van der Waals surface area contributed by atoms with Crippen LogP contribution in [0.25, 0.3) is 0 Å². The zero-order chi connectivity index (χ0) is 10.7. The Kier molecular flexibility index (Phi) is 3.65. The van der Waals surface area contributed by atoms with Crippen LogP contribution >= 0.6 is 11.6 Å². The van der Waals surface area contributed by atoms with Crippen LogP contribution in [0.5, 0.6) is 0 Å². The molecule has 84 valence electrons. The molecule has 0 aliphatic carbocycles. The summed E-state index contributed by atoms with van der Waals surface area (Å²) in [6.45, 7) is 6.63. The highest BCUT2D eigenvalue weighted by Gasteiger charge is 2.23. The predicted molar refractivity (Wildman–Crippen MR) is 62.1 cm³/mol. The van der Waals surface area contributed by atoms with E-state index in [1.807, 2.05) is 18.7 Å². The first kappa shape index (κ1) is 11.0. The van der Waals surface area contributed by atoms with Crippen molar-refractivity contribution in [2.75, 3.05) is 19.6 Å². The maximum atomic E-state index is 6.19. The Morgan fingerprint density at radius 1 is 1.47 bits per heavy atom. The molecule has 0 amide bonds. The first-order valence-electron chi connectivity index (χ1n) is 5.58. The molecule has 4 heteroatoms. The van der Waals surface area contributed by atoms with Gasteiger partial charge in [0.05, 0.1) is 6.33 Å². The predicted octanol–water partition coefficient (Wildman–Crippen LogP) is 1.83. The topological polar surface area (TPSA) is 21.1 Å². The molecule has 0 bridgehead atoms. The van der Waals surface area contributed by atoms with E-state index in [0.717, 1.165) is 32.6 Å². The van der Waals surface area contributed by atoms with E-state index in [1.54, 1.807) is 0 Å². The smallest absolute Gasteiger partial charge is 0.0946 e. The Hall–Kier alpha value is -0.540. The highest BCUT2D eigenvalue weighted by atomic mass is 35.5. The van der Waals surface area contributed by atoms with Crippen molar-refractivity contribution >= 4 is 11.6 Å². The average Bonchev–Trinajstić information content (AvgIpc) is 2.73. The van der Waals surface area contributed by atoms with Crippen molar-refractivity contribution in [3.8, 4) is 0 Å². The van der Waals surface area contributed by atoms with Gasteiger partial charge in [-0.3, -0.25) is 0 Å². The average molecular weight is 228 g/mol. The van der Waals surface area contributed by atoms with Gasteiger partial charge >= 0.3 is 0 Å². The highest BCUT2D eigenvalue weighted by molar-refractivity contribution is 6.20. The van der Waals surface area contributed by atoms with Crippen LogP contribution in [0.1, 0.15) is 13.3 Å². The number of likely N-dealkylation sites (tertiary alicyclic amines) is 1. The van der Waals surface area contributed by atoms with Gasteiger partial charge in [0, 0.05) is 37.4 Å². The summed E-state index contributed by atoms with van der Waals surface area (Å²) in [6, 6.07) is 0. The van der Waals surface area contributed by atoms with Crippen molar-refractivity contribution in [2.24, 2.45) is 5.92 Å². The third-order valence-corrected chi connectivity index (χ3v) is 3.77. The van der Waals surface area contributed by atoms with Gasteiger partial charge < -0.3 is 9.47 Å². The lowest BCUT2D eigenvalue weighted by Gasteiger charge is -2.34. The van der Waals surface area contributed by atoms with Gasteiger partial charge in [0.25, 0.3) is 0 Å². The van der Waals surface area contributed by atoms with Gasteiger partial charge in [0.2, 0.25) is 0 Å². The minimum atomic E-state index is 0.370. The summed E-state index contributed by atoms with van der Waals surface area (Å²) in [4.78, 5) is 6.53. The van der Waals surface area contributed by atoms with Crippen LogP contribution in [0.2, 0.25) is 0 Å². The van der Waals surface area contributed by atoms with E-state index in [9.17, 15) is 0 Å². The molecule has 0 aromatic carbocycles. The van der Waals surface area contributed by atoms with Crippen LogP contribution in [-0.4, -0.2) is 39.5 Å². The third-order valence-electron chi connectivity index (χ3n) is 3.12. The lowest BCUT2D eigenvalue weighted by atomic mass is 10.00. The molecular weight excluding hydrogens is 210 g/mol. The van der Waals surface area contributed by atoms with Gasteiger partial charge in [-0.2, -0.15) is 0 Å². The normalized spacial score (nSPS) is 28.1. The van der Waals surface area contributed by atoms with Crippen LogP contribution < -0.4 is 0 Å². The standard InChI is InChI=1S/C11H18ClN3/c1-10-8-14(4-2-11(10)12)6-7-15-5-3-13-9-15/h3,5,9-11H,2,4,6-8H2,1H3. The molecule has 1 aromatic rings. The molecule has 3 nitrogen and oxygen atoms in total. The van der Waals surface area contributed by atoms with Gasteiger partial charge in [-0.25, -0.2) is 4.98 Å². The number of aromatic nitrogens is 2. The second kappa shape index (κ2) is 4.99. The van der Waals surface area contributed by atoms with E-state index < -0.39 is 0 Å². The maximum absolute atomic E-state index is 6.19. The van der Waals surface area contributed by atoms with Crippen molar-refractivity contribution in [1.29, 1.82) is 0 Å². The minimum Gasteiger partial charge on any atom is -0.336 e. The molecule has 1 aliphatic heterocycles. The Morgan fingerprint density at radius 3 is 3.00 bits per heavy atom. The quantitative estimate of drug-likeness (QED) is 0.735. The first-order chi connectivity index (χ1) is 7.25. The monoisotopic (exact) mass is 227 g/mol. The zero-order valence-corrected chi connectivity index (χ0v) is 9.90. The molecule has 1 saturated heterocycles. The maximum Gasteiger partial charge on any atom is 0.0946 e. The second-order valence-corrected chi connectivity index (χ2v) is 4.94. The molecule has 0 radical (unpaired) electrons. The molecule has 0 spiro atoms. The van der Waals surface area contributed by atoms with Crippen molar-refractivity contribution in [2.45, 2.75) is 25.3 Å². The van der Waals surface area contributed by atoms with Gasteiger partial charge in [-0.15, -0.1) is 11.6 Å². The number of piperidine rings is 1.